The molecule has 0 atom stereocenters. The molecule has 28 heavy (non-hydrogen) atoms. The number of rotatable bonds is 8. The van der Waals surface area contributed by atoms with Crippen molar-refractivity contribution < 1.29 is 31.1 Å². The van der Waals surface area contributed by atoms with Crippen LogP contribution in [0, 0.1) is 0 Å². The van der Waals surface area contributed by atoms with E-state index in [1.54, 1.807) is 6.92 Å². The average Bonchev–Trinajstić information content (AvgIpc) is 3.12. The fourth-order valence-electron chi connectivity index (χ4n) is 3.19. The number of carbonyl (C=O) groups is 1. The normalized spacial score (nSPS) is 15.6. The maximum atomic E-state index is 12.8. The molecule has 6 nitrogen and oxygen atoms in total. The van der Waals surface area contributed by atoms with Crippen LogP contribution >= 0.6 is 0 Å². The van der Waals surface area contributed by atoms with Crippen molar-refractivity contribution in [3.8, 4) is 5.75 Å². The lowest BCUT2D eigenvalue weighted by Crippen LogP contribution is -2.35. The van der Waals surface area contributed by atoms with Gasteiger partial charge in [0, 0.05) is 24.7 Å². The lowest BCUT2D eigenvalue weighted by Gasteiger charge is -2.22. The van der Waals surface area contributed by atoms with Crippen LogP contribution in [0.15, 0.2) is 23.1 Å². The van der Waals surface area contributed by atoms with Gasteiger partial charge in [0.1, 0.15) is 10.6 Å². The summed E-state index contributed by atoms with van der Waals surface area (Å²) in [4.78, 5) is 13.5. The van der Waals surface area contributed by atoms with E-state index in [-0.39, 0.29) is 28.8 Å². The van der Waals surface area contributed by atoms with Crippen molar-refractivity contribution in [1.82, 2.24) is 9.62 Å². The van der Waals surface area contributed by atoms with E-state index in [0.717, 1.165) is 36.6 Å². The summed E-state index contributed by atoms with van der Waals surface area (Å²) in [5.41, 5.74) is -0.00313. The van der Waals surface area contributed by atoms with Crippen LogP contribution in [0.4, 0.5) is 13.2 Å². The second-order valence-electron chi connectivity index (χ2n) is 6.72. The van der Waals surface area contributed by atoms with E-state index in [4.69, 9.17) is 4.74 Å². The number of hydrogen-bond donors (Lipinski definition) is 1. The van der Waals surface area contributed by atoms with Crippen molar-refractivity contribution in [2.24, 2.45) is 0 Å². The van der Waals surface area contributed by atoms with Gasteiger partial charge in [0.25, 0.3) is 5.91 Å². The van der Waals surface area contributed by atoms with Gasteiger partial charge in [0.2, 0.25) is 10.0 Å². The average molecular weight is 422 g/mol. The molecule has 0 bridgehead atoms. The molecule has 10 heteroatoms. The van der Waals surface area contributed by atoms with Gasteiger partial charge in [-0.1, -0.05) is 12.8 Å². The van der Waals surface area contributed by atoms with Crippen molar-refractivity contribution in [1.29, 1.82) is 0 Å². The predicted octanol–water partition coefficient (Wildman–Crippen LogP) is 3.33. The van der Waals surface area contributed by atoms with Gasteiger partial charge in [0.05, 0.1) is 13.5 Å². The molecule has 2 rings (SSSR count). The number of benzene rings is 1. The summed E-state index contributed by atoms with van der Waals surface area (Å²) in [5.74, 6) is -0.591. The summed E-state index contributed by atoms with van der Waals surface area (Å²) in [5, 5.41) is 0. The molecule has 0 aromatic heterocycles. The van der Waals surface area contributed by atoms with Gasteiger partial charge in [-0.05, 0) is 38.0 Å². The number of halogens is 3. The summed E-state index contributed by atoms with van der Waals surface area (Å²) in [6, 6.07) is 3.68. The molecule has 1 aliphatic carbocycles. The third-order valence-electron chi connectivity index (χ3n) is 4.71. The zero-order chi connectivity index (χ0) is 20.9. The molecule has 1 amide bonds. The first-order valence-electron chi connectivity index (χ1n) is 9.13. The van der Waals surface area contributed by atoms with Gasteiger partial charge < -0.3 is 9.64 Å². The van der Waals surface area contributed by atoms with Gasteiger partial charge in [-0.2, -0.15) is 13.2 Å². The van der Waals surface area contributed by atoms with E-state index < -0.39 is 35.1 Å². The molecule has 1 aliphatic rings. The molecule has 1 fully saturated rings. The summed E-state index contributed by atoms with van der Waals surface area (Å²) >= 11 is 0. The number of carbonyl (C=O) groups excluding carboxylic acids is 1. The number of nitrogens with zero attached hydrogens (tertiary/aromatic N) is 1. The summed E-state index contributed by atoms with van der Waals surface area (Å²) < 4.78 is 70.8. The van der Waals surface area contributed by atoms with Crippen LogP contribution in [0.2, 0.25) is 0 Å². The van der Waals surface area contributed by atoms with Gasteiger partial charge in [-0.25, -0.2) is 13.1 Å². The monoisotopic (exact) mass is 422 g/mol. The standard InChI is InChI=1S/C18H25F3N2O4S/c1-3-23(11-10-18(19,20)21)17(24)13-8-9-15(27-2)16(12-13)28(25,26)22-14-6-4-5-7-14/h8-9,12,14,22H,3-7,10-11H2,1-2H3. The van der Waals surface area contributed by atoms with E-state index in [0.29, 0.717) is 0 Å². The molecule has 1 saturated carbocycles. The number of nitrogens with one attached hydrogen (secondary N) is 1. The molecule has 0 spiro atoms. The Balaban J connectivity index is 2.28. The van der Waals surface area contributed by atoms with Crippen LogP contribution in [0.5, 0.6) is 5.75 Å². The van der Waals surface area contributed by atoms with Gasteiger partial charge in [-0.3, -0.25) is 4.79 Å². The summed E-state index contributed by atoms with van der Waals surface area (Å²) in [6.45, 7) is 1.15. The topological polar surface area (TPSA) is 75.7 Å². The highest BCUT2D eigenvalue weighted by atomic mass is 32.2. The van der Waals surface area contributed by atoms with Crippen molar-refractivity contribution >= 4 is 15.9 Å². The molecule has 0 heterocycles. The predicted molar refractivity (Wildman–Crippen MR) is 97.8 cm³/mol. The Hall–Kier alpha value is -1.81. The van der Waals surface area contributed by atoms with E-state index in [9.17, 15) is 26.4 Å². The molecule has 1 N–H and O–H groups in total. The Morgan fingerprint density at radius 1 is 1.29 bits per heavy atom. The Bertz CT molecular complexity index is 791. The molecule has 0 radical (unpaired) electrons. The SMILES string of the molecule is CCN(CCC(F)(F)F)C(=O)c1ccc(OC)c(S(=O)(=O)NC2CCCC2)c1. The molecule has 1 aromatic rings. The second-order valence-corrected chi connectivity index (χ2v) is 8.40. The summed E-state index contributed by atoms with van der Waals surface area (Å²) in [7, 11) is -2.62. The zero-order valence-electron chi connectivity index (χ0n) is 15.9. The van der Waals surface area contributed by atoms with E-state index in [1.807, 2.05) is 0 Å². The fraction of sp³-hybridized carbons (Fsp3) is 0.611. The van der Waals surface area contributed by atoms with Crippen LogP contribution in [0.3, 0.4) is 0 Å². The number of amides is 1. The van der Waals surface area contributed by atoms with Crippen LogP contribution in [0.25, 0.3) is 0 Å². The largest absolute Gasteiger partial charge is 0.495 e. The first-order chi connectivity index (χ1) is 13.1. The van der Waals surface area contributed by atoms with E-state index in [2.05, 4.69) is 4.72 Å². The second kappa shape index (κ2) is 9.13. The van der Waals surface area contributed by atoms with Gasteiger partial charge >= 0.3 is 6.18 Å². The molecule has 0 saturated heterocycles. The molecular formula is C18H25F3N2O4S. The fourth-order valence-corrected chi connectivity index (χ4v) is 4.69. The summed E-state index contributed by atoms with van der Waals surface area (Å²) in [6.07, 6.45) is -2.16. The van der Waals surface area contributed by atoms with Crippen molar-refractivity contribution in [3.05, 3.63) is 23.8 Å². The van der Waals surface area contributed by atoms with Crippen molar-refractivity contribution in [2.75, 3.05) is 20.2 Å². The number of ether oxygens (including phenoxy) is 1. The molecule has 0 aliphatic heterocycles. The van der Waals surface area contributed by atoms with Crippen LogP contribution in [-0.4, -0.2) is 51.6 Å². The van der Waals surface area contributed by atoms with Crippen LogP contribution in [0.1, 0.15) is 49.4 Å². The van der Waals surface area contributed by atoms with Crippen LogP contribution < -0.4 is 9.46 Å². The number of methoxy groups -OCH3 is 1. The maximum absolute atomic E-state index is 12.8. The number of hydrogen-bond acceptors (Lipinski definition) is 4. The smallest absolute Gasteiger partial charge is 0.390 e. The molecule has 158 valence electrons. The molecule has 1 aromatic carbocycles. The highest BCUT2D eigenvalue weighted by molar-refractivity contribution is 7.89. The third-order valence-corrected chi connectivity index (χ3v) is 6.25. The Labute approximate surface area is 163 Å². The third kappa shape index (κ3) is 5.84. The lowest BCUT2D eigenvalue weighted by molar-refractivity contribution is -0.136. The maximum Gasteiger partial charge on any atom is 0.390 e. The van der Waals surface area contributed by atoms with Crippen molar-refractivity contribution in [3.63, 3.8) is 0 Å². The molecule has 0 unspecified atom stereocenters. The lowest BCUT2D eigenvalue weighted by atomic mass is 10.2. The van der Waals surface area contributed by atoms with Crippen LogP contribution in [-0.2, 0) is 10.0 Å². The van der Waals surface area contributed by atoms with E-state index >= 15 is 0 Å². The highest BCUT2D eigenvalue weighted by Gasteiger charge is 2.30. The minimum absolute atomic E-state index is 0.00313. The van der Waals surface area contributed by atoms with E-state index in [1.165, 1.54) is 19.2 Å². The minimum Gasteiger partial charge on any atom is -0.495 e. The first-order valence-corrected chi connectivity index (χ1v) is 10.6. The highest BCUT2D eigenvalue weighted by Crippen LogP contribution is 2.28. The first kappa shape index (κ1) is 22.5. The minimum atomic E-state index is -4.38. The Morgan fingerprint density at radius 2 is 1.93 bits per heavy atom. The Kier molecular flexibility index (Phi) is 7.33. The Morgan fingerprint density at radius 3 is 2.46 bits per heavy atom. The zero-order valence-corrected chi connectivity index (χ0v) is 16.7. The quantitative estimate of drug-likeness (QED) is 0.697. The number of alkyl halides is 3. The van der Waals surface area contributed by atoms with Gasteiger partial charge in [-0.15, -0.1) is 0 Å². The van der Waals surface area contributed by atoms with Crippen molar-refractivity contribution in [2.45, 2.75) is 56.1 Å². The van der Waals surface area contributed by atoms with Gasteiger partial charge in [0.15, 0.2) is 0 Å². The molecular weight excluding hydrogens is 397 g/mol. The number of sulfonamides is 1.